The lowest BCUT2D eigenvalue weighted by Gasteiger charge is -2.25. The van der Waals surface area contributed by atoms with Crippen LogP contribution in [0.2, 0.25) is 0 Å². The van der Waals surface area contributed by atoms with E-state index in [1.807, 2.05) is 29.6 Å². The number of fused-ring (bicyclic) bond motifs is 1. The molecule has 0 radical (unpaired) electrons. The first kappa shape index (κ1) is 18.6. The maximum atomic E-state index is 12.2. The fourth-order valence-corrected chi connectivity index (χ4v) is 4.34. The quantitative estimate of drug-likeness (QED) is 0.649. The summed E-state index contributed by atoms with van der Waals surface area (Å²) in [7, 11) is 0. The Balaban J connectivity index is 1.24. The van der Waals surface area contributed by atoms with Gasteiger partial charge in [0.05, 0.1) is 23.6 Å². The van der Waals surface area contributed by atoms with Crippen molar-refractivity contribution in [3.05, 3.63) is 63.3 Å². The van der Waals surface area contributed by atoms with Crippen molar-refractivity contribution < 1.29 is 14.3 Å². The van der Waals surface area contributed by atoms with E-state index in [-0.39, 0.29) is 24.2 Å². The molecule has 0 aliphatic carbocycles. The molecule has 28 heavy (non-hydrogen) atoms. The zero-order valence-electron chi connectivity index (χ0n) is 15.0. The molecule has 4 rings (SSSR count). The molecule has 0 fully saturated rings. The molecule has 0 saturated carbocycles. The number of anilines is 1. The Morgan fingerprint density at radius 1 is 1.18 bits per heavy atom. The summed E-state index contributed by atoms with van der Waals surface area (Å²) in [6, 6.07) is 11.6. The van der Waals surface area contributed by atoms with Gasteiger partial charge >= 0.3 is 0 Å². The molecule has 1 aliphatic heterocycles. The Bertz CT molecular complexity index is 969. The van der Waals surface area contributed by atoms with Crippen molar-refractivity contribution in [1.29, 1.82) is 0 Å². The average Bonchev–Trinajstić information content (AvgIpc) is 3.38. The maximum Gasteiger partial charge on any atom is 0.267 e. The van der Waals surface area contributed by atoms with Crippen LogP contribution in [0.5, 0.6) is 5.75 Å². The predicted octanol–water partition coefficient (Wildman–Crippen LogP) is 3.37. The molecule has 0 bridgehead atoms. The molecule has 1 aromatic carbocycles. The van der Waals surface area contributed by atoms with Crippen molar-refractivity contribution in [1.82, 2.24) is 10.3 Å². The number of benzene rings is 1. The number of hydrogen-bond acceptors (Lipinski definition) is 6. The summed E-state index contributed by atoms with van der Waals surface area (Å²) in [5.41, 5.74) is 1.83. The number of aromatic nitrogens is 1. The second-order valence-electron chi connectivity index (χ2n) is 6.55. The van der Waals surface area contributed by atoms with E-state index in [1.165, 1.54) is 28.2 Å². The zero-order chi connectivity index (χ0) is 19.3. The van der Waals surface area contributed by atoms with E-state index in [0.29, 0.717) is 28.9 Å². The molecule has 2 N–H and O–H groups in total. The van der Waals surface area contributed by atoms with Crippen LogP contribution in [0.25, 0.3) is 0 Å². The number of hydrogen-bond donors (Lipinski definition) is 2. The van der Waals surface area contributed by atoms with E-state index < -0.39 is 0 Å². The minimum atomic E-state index is -0.182. The van der Waals surface area contributed by atoms with E-state index in [1.54, 1.807) is 11.4 Å². The summed E-state index contributed by atoms with van der Waals surface area (Å²) in [6.07, 6.45) is 1.08. The molecule has 6 nitrogen and oxygen atoms in total. The van der Waals surface area contributed by atoms with Crippen LogP contribution in [-0.2, 0) is 17.6 Å². The Morgan fingerprint density at radius 3 is 2.93 bits per heavy atom. The zero-order valence-corrected chi connectivity index (χ0v) is 16.6. The minimum Gasteiger partial charge on any atom is -0.493 e. The summed E-state index contributed by atoms with van der Waals surface area (Å²) in [5.74, 6) is 0.929. The number of nitrogens with one attached hydrogen (secondary N) is 2. The SMILES string of the molecule is O=C(Cc1csc(NC(=O)c2cccs2)n1)NCC1COc2ccccc2C1. The van der Waals surface area contributed by atoms with Gasteiger partial charge in [-0.05, 0) is 29.5 Å². The standard InChI is InChI=1S/C20H19N3O3S2/c24-18(21-10-13-8-14-4-1-2-5-16(14)26-11-13)9-15-12-28-20(22-15)23-19(25)17-6-3-7-27-17/h1-7,12-13H,8-11H2,(H,21,24)(H,22,23,25). The van der Waals surface area contributed by atoms with E-state index in [9.17, 15) is 9.59 Å². The van der Waals surface area contributed by atoms with Gasteiger partial charge in [-0.25, -0.2) is 4.98 Å². The van der Waals surface area contributed by atoms with Crippen molar-refractivity contribution in [2.75, 3.05) is 18.5 Å². The number of amides is 2. The summed E-state index contributed by atoms with van der Waals surface area (Å²) in [5, 5.41) is 9.87. The Labute approximate surface area is 170 Å². The van der Waals surface area contributed by atoms with Gasteiger partial charge in [-0.3, -0.25) is 14.9 Å². The minimum absolute atomic E-state index is 0.0831. The summed E-state index contributed by atoms with van der Waals surface area (Å²) in [4.78, 5) is 29.3. The van der Waals surface area contributed by atoms with Gasteiger partial charge in [0.25, 0.3) is 5.91 Å². The highest BCUT2D eigenvalue weighted by molar-refractivity contribution is 7.14. The molecule has 1 unspecified atom stereocenters. The third-order valence-corrected chi connectivity index (χ3v) is 6.08. The normalized spacial score (nSPS) is 15.4. The molecule has 2 amide bonds. The van der Waals surface area contributed by atoms with Crippen LogP contribution in [0, 0.1) is 5.92 Å². The van der Waals surface area contributed by atoms with Gasteiger partial charge in [0.1, 0.15) is 5.75 Å². The number of carbonyl (C=O) groups is 2. The van der Waals surface area contributed by atoms with Crippen molar-refractivity contribution >= 4 is 39.6 Å². The van der Waals surface area contributed by atoms with Gasteiger partial charge in [0.15, 0.2) is 5.13 Å². The first-order valence-electron chi connectivity index (χ1n) is 8.94. The Kier molecular flexibility index (Phi) is 5.68. The highest BCUT2D eigenvalue weighted by Crippen LogP contribution is 2.26. The number of rotatable bonds is 6. The van der Waals surface area contributed by atoms with Crippen LogP contribution < -0.4 is 15.4 Å². The van der Waals surface area contributed by atoms with Crippen LogP contribution in [-0.4, -0.2) is 29.9 Å². The second-order valence-corrected chi connectivity index (χ2v) is 8.35. The van der Waals surface area contributed by atoms with Crippen LogP contribution in [0.15, 0.2) is 47.2 Å². The summed E-state index contributed by atoms with van der Waals surface area (Å²) >= 11 is 2.69. The summed E-state index contributed by atoms with van der Waals surface area (Å²) in [6.45, 7) is 1.17. The molecule has 8 heteroatoms. The molecule has 0 spiro atoms. The molecule has 1 aliphatic rings. The number of nitrogens with zero attached hydrogens (tertiary/aromatic N) is 1. The molecule has 144 valence electrons. The molecule has 2 aromatic heterocycles. The smallest absolute Gasteiger partial charge is 0.267 e. The fourth-order valence-electron chi connectivity index (χ4n) is 3.02. The first-order valence-corrected chi connectivity index (χ1v) is 10.7. The number of ether oxygens (including phenoxy) is 1. The average molecular weight is 414 g/mol. The second kappa shape index (κ2) is 8.53. The molecule has 3 aromatic rings. The predicted molar refractivity (Wildman–Crippen MR) is 110 cm³/mol. The third-order valence-electron chi connectivity index (χ3n) is 4.40. The molecule has 0 saturated heterocycles. The molecular weight excluding hydrogens is 394 g/mol. The highest BCUT2D eigenvalue weighted by atomic mass is 32.1. The van der Waals surface area contributed by atoms with Crippen LogP contribution in [0.4, 0.5) is 5.13 Å². The number of para-hydroxylation sites is 1. The number of thiazole rings is 1. The van der Waals surface area contributed by atoms with Gasteiger partial charge in [0.2, 0.25) is 5.91 Å². The maximum absolute atomic E-state index is 12.2. The monoisotopic (exact) mass is 413 g/mol. The highest BCUT2D eigenvalue weighted by Gasteiger charge is 2.20. The van der Waals surface area contributed by atoms with Crippen LogP contribution in [0.1, 0.15) is 20.9 Å². The molecular formula is C20H19N3O3S2. The third kappa shape index (κ3) is 4.58. The largest absolute Gasteiger partial charge is 0.493 e. The number of carbonyl (C=O) groups excluding carboxylic acids is 2. The Morgan fingerprint density at radius 2 is 2.07 bits per heavy atom. The van der Waals surface area contributed by atoms with Gasteiger partial charge in [-0.15, -0.1) is 22.7 Å². The van der Waals surface area contributed by atoms with Crippen molar-refractivity contribution in [2.45, 2.75) is 12.8 Å². The van der Waals surface area contributed by atoms with E-state index >= 15 is 0 Å². The van der Waals surface area contributed by atoms with E-state index in [4.69, 9.17) is 4.74 Å². The van der Waals surface area contributed by atoms with E-state index in [0.717, 1.165) is 12.2 Å². The lowest BCUT2D eigenvalue weighted by atomic mass is 9.97. The molecule has 1 atom stereocenters. The van der Waals surface area contributed by atoms with Gasteiger partial charge in [-0.1, -0.05) is 24.3 Å². The molecule has 3 heterocycles. The van der Waals surface area contributed by atoms with Crippen molar-refractivity contribution in [3.63, 3.8) is 0 Å². The van der Waals surface area contributed by atoms with Crippen LogP contribution >= 0.6 is 22.7 Å². The van der Waals surface area contributed by atoms with Crippen LogP contribution in [0.3, 0.4) is 0 Å². The van der Waals surface area contributed by atoms with E-state index in [2.05, 4.69) is 21.7 Å². The number of thiophene rings is 1. The lowest BCUT2D eigenvalue weighted by molar-refractivity contribution is -0.120. The van der Waals surface area contributed by atoms with Crippen molar-refractivity contribution in [3.8, 4) is 5.75 Å². The lowest BCUT2D eigenvalue weighted by Crippen LogP contribution is -2.35. The topological polar surface area (TPSA) is 80.3 Å². The van der Waals surface area contributed by atoms with Gasteiger partial charge in [0, 0.05) is 17.8 Å². The fraction of sp³-hybridized carbons (Fsp3) is 0.250. The van der Waals surface area contributed by atoms with Gasteiger partial charge in [-0.2, -0.15) is 0 Å². The van der Waals surface area contributed by atoms with Gasteiger partial charge < -0.3 is 10.1 Å². The summed E-state index contributed by atoms with van der Waals surface area (Å²) < 4.78 is 5.76. The van der Waals surface area contributed by atoms with Crippen molar-refractivity contribution in [2.24, 2.45) is 5.92 Å². The Hall–Kier alpha value is -2.71. The first-order chi connectivity index (χ1) is 13.7.